The molecule has 0 atom stereocenters. The zero-order chi connectivity index (χ0) is 22.6. The first-order valence-electron chi connectivity index (χ1n) is 11.0. The molecular weight excluding hydrogens is 411 g/mol. The molecule has 168 valence electrons. The number of hydrogen-bond acceptors (Lipinski definition) is 4. The van der Waals surface area contributed by atoms with E-state index in [1.54, 1.807) is 17.0 Å². The molecule has 3 N–H and O–H groups in total. The molecule has 0 spiro atoms. The Labute approximate surface area is 185 Å². The van der Waals surface area contributed by atoms with Crippen LogP contribution in [0.2, 0.25) is 0 Å². The summed E-state index contributed by atoms with van der Waals surface area (Å²) < 4.78 is 13.8. The van der Waals surface area contributed by atoms with Crippen LogP contribution in [0.5, 0.6) is 0 Å². The number of rotatable bonds is 3. The smallest absolute Gasteiger partial charge is 0.256 e. The summed E-state index contributed by atoms with van der Waals surface area (Å²) in [7, 11) is 2.04. The first-order valence-corrected chi connectivity index (χ1v) is 11.0. The van der Waals surface area contributed by atoms with Crippen LogP contribution in [-0.4, -0.2) is 70.5 Å². The van der Waals surface area contributed by atoms with E-state index >= 15 is 0 Å². The maximum Gasteiger partial charge on any atom is 0.256 e. The van der Waals surface area contributed by atoms with Crippen molar-refractivity contribution in [2.24, 2.45) is 0 Å². The van der Waals surface area contributed by atoms with Gasteiger partial charge >= 0.3 is 0 Å². The van der Waals surface area contributed by atoms with Crippen molar-refractivity contribution in [2.45, 2.75) is 31.8 Å². The van der Waals surface area contributed by atoms with E-state index in [4.69, 9.17) is 0 Å². The lowest BCUT2D eigenvalue weighted by molar-refractivity contribution is -0.110. The number of fused-ring (bicyclic) bond motifs is 2. The molecule has 0 bridgehead atoms. The number of halogens is 1. The van der Waals surface area contributed by atoms with Crippen LogP contribution < -0.4 is 5.32 Å². The van der Waals surface area contributed by atoms with Crippen molar-refractivity contribution < 1.29 is 19.1 Å². The molecule has 1 aromatic carbocycles. The summed E-state index contributed by atoms with van der Waals surface area (Å²) in [5, 5.41) is 13.8. The summed E-state index contributed by atoms with van der Waals surface area (Å²) >= 11 is 0. The van der Waals surface area contributed by atoms with Crippen LogP contribution in [0.4, 0.5) is 10.1 Å². The average molecular weight is 439 g/mol. The van der Waals surface area contributed by atoms with Gasteiger partial charge in [-0.1, -0.05) is 0 Å². The van der Waals surface area contributed by atoms with Gasteiger partial charge in [0.15, 0.2) is 0 Å². The molecule has 1 fully saturated rings. The summed E-state index contributed by atoms with van der Waals surface area (Å²) in [6.45, 7) is 4.35. The molecule has 0 unspecified atom stereocenters. The normalized spacial score (nSPS) is 21.6. The van der Waals surface area contributed by atoms with E-state index in [9.17, 15) is 19.1 Å². The molecule has 0 aliphatic carbocycles. The van der Waals surface area contributed by atoms with Crippen LogP contribution >= 0.6 is 0 Å². The van der Waals surface area contributed by atoms with E-state index in [1.807, 2.05) is 14.0 Å². The van der Waals surface area contributed by atoms with Crippen LogP contribution in [0.1, 0.15) is 45.7 Å². The van der Waals surface area contributed by atoms with Gasteiger partial charge in [-0.2, -0.15) is 0 Å². The maximum atomic E-state index is 13.8. The summed E-state index contributed by atoms with van der Waals surface area (Å²) in [5.74, 6) is -0.805. The van der Waals surface area contributed by atoms with Gasteiger partial charge in [-0.05, 0) is 56.7 Å². The third kappa shape index (κ3) is 3.53. The van der Waals surface area contributed by atoms with Crippen molar-refractivity contribution in [1.82, 2.24) is 14.8 Å². The summed E-state index contributed by atoms with van der Waals surface area (Å²) in [6, 6.07) is 4.20. The lowest BCUT2D eigenvalue weighted by atomic mass is 9.90. The van der Waals surface area contributed by atoms with Gasteiger partial charge < -0.3 is 25.2 Å². The minimum absolute atomic E-state index is 0.0979. The first-order chi connectivity index (χ1) is 15.2. The number of aromatic nitrogens is 1. The fourth-order valence-corrected chi connectivity index (χ4v) is 4.95. The van der Waals surface area contributed by atoms with E-state index in [0.29, 0.717) is 60.4 Å². The Morgan fingerprint density at radius 2 is 1.97 bits per heavy atom. The monoisotopic (exact) mass is 438 g/mol. The molecule has 0 radical (unpaired) electrons. The SMILES string of the molecule is Cc1c(/C=C2\C(=O)Nc3ccc(F)cc32)[nH]c2c1C(=O)N(CC1(O)CCN(C)CC1)CC2. The van der Waals surface area contributed by atoms with Gasteiger partial charge in [0.05, 0.1) is 16.7 Å². The molecule has 32 heavy (non-hydrogen) atoms. The lowest BCUT2D eigenvalue weighted by Gasteiger charge is -2.40. The second-order valence-corrected chi connectivity index (χ2v) is 9.22. The van der Waals surface area contributed by atoms with Crippen molar-refractivity contribution in [3.63, 3.8) is 0 Å². The first kappa shape index (κ1) is 20.9. The van der Waals surface area contributed by atoms with Crippen LogP contribution in [0.15, 0.2) is 18.2 Å². The van der Waals surface area contributed by atoms with E-state index in [1.165, 1.54) is 12.1 Å². The molecular formula is C24H27FN4O3. The number of aromatic amines is 1. The van der Waals surface area contributed by atoms with Gasteiger partial charge in [0, 0.05) is 55.2 Å². The highest BCUT2D eigenvalue weighted by atomic mass is 19.1. The van der Waals surface area contributed by atoms with E-state index in [-0.39, 0.29) is 11.8 Å². The Bertz CT molecular complexity index is 1140. The minimum Gasteiger partial charge on any atom is -0.388 e. The van der Waals surface area contributed by atoms with Crippen LogP contribution in [-0.2, 0) is 11.2 Å². The number of anilines is 1. The van der Waals surface area contributed by atoms with E-state index in [2.05, 4.69) is 15.2 Å². The Balaban J connectivity index is 1.43. The highest BCUT2D eigenvalue weighted by molar-refractivity contribution is 6.34. The number of nitrogens with one attached hydrogen (secondary N) is 2. The average Bonchev–Trinajstić information content (AvgIpc) is 3.24. The summed E-state index contributed by atoms with van der Waals surface area (Å²) in [4.78, 5) is 33.0. The molecule has 3 aliphatic heterocycles. The predicted molar refractivity (Wildman–Crippen MR) is 120 cm³/mol. The molecule has 1 saturated heterocycles. The number of benzene rings is 1. The van der Waals surface area contributed by atoms with Gasteiger partial charge in [-0.25, -0.2) is 4.39 Å². The van der Waals surface area contributed by atoms with E-state index in [0.717, 1.165) is 24.3 Å². The fraction of sp³-hybridized carbons (Fsp3) is 0.417. The van der Waals surface area contributed by atoms with Crippen molar-refractivity contribution >= 4 is 29.2 Å². The van der Waals surface area contributed by atoms with Crippen LogP contribution in [0.3, 0.4) is 0 Å². The highest BCUT2D eigenvalue weighted by Crippen LogP contribution is 2.35. The molecule has 5 rings (SSSR count). The number of hydrogen-bond donors (Lipinski definition) is 3. The standard InChI is InChI=1S/C24H27FN4O3/c1-14-20(12-17-16-11-15(25)3-4-18(16)27-22(17)30)26-19-5-8-29(23(31)21(14)19)13-24(32)6-9-28(2)10-7-24/h3-4,11-12,26,32H,5-10,13H2,1-2H3,(H,27,30)/b17-12-. The number of carbonyl (C=O) groups excluding carboxylic acids is 2. The third-order valence-electron chi connectivity index (χ3n) is 6.96. The topological polar surface area (TPSA) is 88.7 Å². The molecule has 2 aromatic rings. The van der Waals surface area contributed by atoms with Gasteiger partial charge in [0.2, 0.25) is 0 Å². The zero-order valence-corrected chi connectivity index (χ0v) is 18.3. The van der Waals surface area contributed by atoms with Crippen LogP contribution in [0, 0.1) is 12.7 Å². The number of piperidine rings is 1. The largest absolute Gasteiger partial charge is 0.388 e. The highest BCUT2D eigenvalue weighted by Gasteiger charge is 2.37. The Hall–Kier alpha value is -2.97. The Morgan fingerprint density at radius 3 is 2.72 bits per heavy atom. The maximum absolute atomic E-state index is 13.8. The number of nitrogens with zero attached hydrogens (tertiary/aromatic N) is 2. The summed E-state index contributed by atoms with van der Waals surface area (Å²) in [5.41, 5.74) is 3.47. The number of H-pyrrole nitrogens is 1. The van der Waals surface area contributed by atoms with Gasteiger partial charge in [0.1, 0.15) is 5.82 Å². The van der Waals surface area contributed by atoms with Crippen molar-refractivity contribution in [2.75, 3.05) is 38.5 Å². The number of likely N-dealkylation sites (tertiary alicyclic amines) is 1. The Kier molecular flexibility index (Phi) is 4.94. The summed E-state index contributed by atoms with van der Waals surface area (Å²) in [6.07, 6.45) is 3.64. The number of amides is 2. The molecule has 8 heteroatoms. The second kappa shape index (κ2) is 7.56. The molecule has 0 saturated carbocycles. The van der Waals surface area contributed by atoms with Crippen molar-refractivity contribution in [1.29, 1.82) is 0 Å². The molecule has 7 nitrogen and oxygen atoms in total. The fourth-order valence-electron chi connectivity index (χ4n) is 4.95. The van der Waals surface area contributed by atoms with Gasteiger partial charge in [-0.15, -0.1) is 0 Å². The predicted octanol–water partition coefficient (Wildman–Crippen LogP) is 2.41. The molecule has 2 amide bonds. The van der Waals surface area contributed by atoms with Crippen molar-refractivity contribution in [3.8, 4) is 0 Å². The Morgan fingerprint density at radius 1 is 1.22 bits per heavy atom. The quantitative estimate of drug-likeness (QED) is 0.642. The number of carbonyl (C=O) groups is 2. The van der Waals surface area contributed by atoms with Crippen LogP contribution in [0.25, 0.3) is 11.6 Å². The lowest BCUT2D eigenvalue weighted by Crippen LogP contribution is -2.52. The van der Waals surface area contributed by atoms with Gasteiger partial charge in [-0.3, -0.25) is 9.59 Å². The van der Waals surface area contributed by atoms with Crippen molar-refractivity contribution in [3.05, 3.63) is 52.1 Å². The zero-order valence-electron chi connectivity index (χ0n) is 18.3. The number of aliphatic hydroxyl groups is 1. The second-order valence-electron chi connectivity index (χ2n) is 9.22. The molecule has 1 aromatic heterocycles. The van der Waals surface area contributed by atoms with E-state index < -0.39 is 11.4 Å². The minimum atomic E-state index is -0.857. The molecule has 3 aliphatic rings. The van der Waals surface area contributed by atoms with Gasteiger partial charge in [0.25, 0.3) is 11.8 Å². The molecule has 4 heterocycles. The third-order valence-corrected chi connectivity index (χ3v) is 6.96. The number of β-amino-alcohol motifs (C(OH)–C–C–N with tert-alkyl or cyclic N) is 1.